The Hall–Kier alpha value is -1.89. The van der Waals surface area contributed by atoms with E-state index in [-0.39, 0.29) is 11.6 Å². The molecule has 0 radical (unpaired) electrons. The van der Waals surface area contributed by atoms with Crippen LogP contribution in [-0.2, 0) is 20.5 Å². The predicted molar refractivity (Wildman–Crippen MR) is 80.5 cm³/mol. The third kappa shape index (κ3) is 2.65. The van der Waals surface area contributed by atoms with Gasteiger partial charge in [0, 0.05) is 51.4 Å². The van der Waals surface area contributed by atoms with E-state index < -0.39 is 0 Å². The molecule has 1 unspecified atom stereocenters. The molecule has 2 aromatic heterocycles. The molecule has 0 saturated carbocycles. The molecule has 0 aliphatic carbocycles. The first-order valence-corrected chi connectivity index (χ1v) is 7.84. The molecule has 6 nitrogen and oxygen atoms in total. The van der Waals surface area contributed by atoms with Crippen LogP contribution >= 0.6 is 11.3 Å². The van der Waals surface area contributed by atoms with Gasteiger partial charge in [0.1, 0.15) is 5.69 Å². The number of aromatic nitrogens is 3. The lowest BCUT2D eigenvalue weighted by Crippen LogP contribution is -2.31. The zero-order chi connectivity index (χ0) is 15.0. The molecule has 1 saturated heterocycles. The van der Waals surface area contributed by atoms with E-state index in [1.165, 1.54) is 9.13 Å². The van der Waals surface area contributed by atoms with Crippen LogP contribution in [0.15, 0.2) is 22.6 Å². The molecule has 112 valence electrons. The Morgan fingerprint density at radius 1 is 1.48 bits per heavy atom. The van der Waals surface area contributed by atoms with E-state index in [0.717, 1.165) is 30.9 Å². The lowest BCUT2D eigenvalue weighted by Gasteiger charge is -2.16. The van der Waals surface area contributed by atoms with Gasteiger partial charge in [-0.05, 0) is 12.3 Å². The van der Waals surface area contributed by atoms with E-state index >= 15 is 0 Å². The van der Waals surface area contributed by atoms with Crippen LogP contribution in [0.5, 0.6) is 0 Å². The molecule has 21 heavy (non-hydrogen) atoms. The summed E-state index contributed by atoms with van der Waals surface area (Å²) in [6, 6.07) is 0. The van der Waals surface area contributed by atoms with E-state index in [1.807, 2.05) is 16.5 Å². The largest absolute Gasteiger partial charge is 0.337 e. The minimum atomic E-state index is -0.170. The first kappa shape index (κ1) is 14.1. The summed E-state index contributed by atoms with van der Waals surface area (Å²) in [4.78, 5) is 30.4. The van der Waals surface area contributed by atoms with Crippen molar-refractivity contribution in [3.63, 3.8) is 0 Å². The molecule has 1 amide bonds. The second-order valence-corrected chi connectivity index (χ2v) is 6.48. The molecule has 1 aliphatic heterocycles. The minimum absolute atomic E-state index is 0.0585. The summed E-state index contributed by atoms with van der Waals surface area (Å²) in [7, 11) is 3.30. The van der Waals surface area contributed by atoms with Crippen molar-refractivity contribution in [1.29, 1.82) is 0 Å². The maximum atomic E-state index is 12.5. The lowest BCUT2D eigenvalue weighted by atomic mass is 10.1. The second kappa shape index (κ2) is 5.48. The molecule has 2 aromatic rings. The van der Waals surface area contributed by atoms with E-state index in [0.29, 0.717) is 11.6 Å². The molecule has 3 heterocycles. The van der Waals surface area contributed by atoms with Crippen molar-refractivity contribution in [3.05, 3.63) is 39.0 Å². The van der Waals surface area contributed by atoms with Crippen LogP contribution < -0.4 is 5.69 Å². The summed E-state index contributed by atoms with van der Waals surface area (Å²) >= 11 is 1.66. The number of nitrogens with zero attached hydrogens (tertiary/aromatic N) is 4. The van der Waals surface area contributed by atoms with Crippen LogP contribution in [0, 0.1) is 5.92 Å². The van der Waals surface area contributed by atoms with Gasteiger partial charge in [-0.3, -0.25) is 9.36 Å². The monoisotopic (exact) mass is 306 g/mol. The summed E-state index contributed by atoms with van der Waals surface area (Å²) in [5, 5.41) is 3.11. The average Bonchev–Trinajstić information content (AvgIpc) is 3.18. The van der Waals surface area contributed by atoms with Gasteiger partial charge in [0.2, 0.25) is 0 Å². The Balaban J connectivity index is 1.69. The van der Waals surface area contributed by atoms with Crippen molar-refractivity contribution in [1.82, 2.24) is 19.0 Å². The molecule has 0 bridgehead atoms. The van der Waals surface area contributed by atoms with Gasteiger partial charge >= 0.3 is 5.69 Å². The van der Waals surface area contributed by atoms with Crippen LogP contribution in [0.2, 0.25) is 0 Å². The molecule has 3 rings (SSSR count). The van der Waals surface area contributed by atoms with Gasteiger partial charge in [0.05, 0.1) is 5.01 Å². The molecule has 7 heteroatoms. The van der Waals surface area contributed by atoms with Gasteiger partial charge in [-0.15, -0.1) is 11.3 Å². The number of hydrogen-bond donors (Lipinski definition) is 0. The SMILES string of the molecule is Cn1cc(C(=O)N2CCC(Cc3nccs3)C2)n(C)c1=O. The van der Waals surface area contributed by atoms with Crippen LogP contribution in [-0.4, -0.2) is 38.0 Å². The van der Waals surface area contributed by atoms with Gasteiger partial charge in [-0.2, -0.15) is 0 Å². The second-order valence-electron chi connectivity index (χ2n) is 5.50. The fraction of sp³-hybridized carbons (Fsp3) is 0.500. The van der Waals surface area contributed by atoms with Gasteiger partial charge in [-0.25, -0.2) is 9.78 Å². The summed E-state index contributed by atoms with van der Waals surface area (Å²) in [6.45, 7) is 1.49. The first-order chi connectivity index (χ1) is 10.1. The number of carbonyl (C=O) groups is 1. The van der Waals surface area contributed by atoms with Crippen LogP contribution in [0.25, 0.3) is 0 Å². The predicted octanol–water partition coefficient (Wildman–Crippen LogP) is 0.885. The number of rotatable bonds is 3. The Kier molecular flexibility index (Phi) is 3.67. The standard InChI is InChI=1S/C14H18N4O2S/c1-16-9-11(17(2)14(16)20)13(19)18-5-3-10(8-18)7-12-15-4-6-21-12/h4,6,9-10H,3,5,7-8H2,1-2H3. The fourth-order valence-electron chi connectivity index (χ4n) is 2.81. The van der Waals surface area contributed by atoms with Crippen molar-refractivity contribution in [3.8, 4) is 0 Å². The molecule has 1 atom stereocenters. The Labute approximate surface area is 126 Å². The number of amides is 1. The number of carbonyl (C=O) groups excluding carboxylic acids is 1. The van der Waals surface area contributed by atoms with Crippen molar-refractivity contribution < 1.29 is 4.79 Å². The van der Waals surface area contributed by atoms with Gasteiger partial charge in [-0.1, -0.05) is 0 Å². The normalized spacial score (nSPS) is 18.4. The quantitative estimate of drug-likeness (QED) is 0.846. The summed E-state index contributed by atoms with van der Waals surface area (Å²) < 4.78 is 2.85. The lowest BCUT2D eigenvalue weighted by molar-refractivity contribution is 0.0777. The molecular formula is C14H18N4O2S. The van der Waals surface area contributed by atoms with Crippen molar-refractivity contribution in [2.75, 3.05) is 13.1 Å². The maximum absolute atomic E-state index is 12.5. The number of likely N-dealkylation sites (tertiary alicyclic amines) is 1. The van der Waals surface area contributed by atoms with Crippen LogP contribution in [0.1, 0.15) is 21.9 Å². The smallest absolute Gasteiger partial charge is 0.328 e. The molecule has 0 N–H and O–H groups in total. The van der Waals surface area contributed by atoms with E-state index in [2.05, 4.69) is 4.98 Å². The fourth-order valence-corrected chi connectivity index (χ4v) is 3.54. The summed E-state index contributed by atoms with van der Waals surface area (Å²) in [6.07, 6.45) is 5.34. The summed E-state index contributed by atoms with van der Waals surface area (Å²) in [5.41, 5.74) is 0.286. The molecular weight excluding hydrogens is 288 g/mol. The Morgan fingerprint density at radius 3 is 2.90 bits per heavy atom. The zero-order valence-electron chi connectivity index (χ0n) is 12.2. The number of thiazole rings is 1. The molecule has 0 aromatic carbocycles. The number of hydrogen-bond acceptors (Lipinski definition) is 4. The number of aryl methyl sites for hydroxylation is 1. The van der Waals surface area contributed by atoms with Crippen LogP contribution in [0.4, 0.5) is 0 Å². The highest BCUT2D eigenvalue weighted by molar-refractivity contribution is 7.09. The first-order valence-electron chi connectivity index (χ1n) is 6.96. The topological polar surface area (TPSA) is 60.1 Å². The molecule has 0 spiro atoms. The maximum Gasteiger partial charge on any atom is 0.328 e. The van der Waals surface area contributed by atoms with Crippen molar-refractivity contribution in [2.24, 2.45) is 20.0 Å². The van der Waals surface area contributed by atoms with Gasteiger partial charge in [0.15, 0.2) is 0 Å². The molecule has 1 fully saturated rings. The minimum Gasteiger partial charge on any atom is -0.337 e. The Bertz CT molecular complexity index is 701. The Morgan fingerprint density at radius 2 is 2.29 bits per heavy atom. The zero-order valence-corrected chi connectivity index (χ0v) is 13.0. The third-order valence-corrected chi connectivity index (χ3v) is 4.81. The summed E-state index contributed by atoms with van der Waals surface area (Å²) in [5.74, 6) is 0.401. The highest BCUT2D eigenvalue weighted by Gasteiger charge is 2.29. The van der Waals surface area contributed by atoms with Gasteiger partial charge < -0.3 is 9.47 Å². The van der Waals surface area contributed by atoms with Gasteiger partial charge in [0.25, 0.3) is 5.91 Å². The molecule has 1 aliphatic rings. The van der Waals surface area contributed by atoms with Crippen molar-refractivity contribution in [2.45, 2.75) is 12.8 Å². The van der Waals surface area contributed by atoms with Crippen molar-refractivity contribution >= 4 is 17.2 Å². The van der Waals surface area contributed by atoms with E-state index in [9.17, 15) is 9.59 Å². The third-order valence-electron chi connectivity index (χ3n) is 4.00. The highest BCUT2D eigenvalue weighted by atomic mass is 32.1. The average molecular weight is 306 g/mol. The van der Waals surface area contributed by atoms with E-state index in [4.69, 9.17) is 0 Å². The number of imidazole rings is 1. The van der Waals surface area contributed by atoms with E-state index in [1.54, 1.807) is 31.6 Å². The highest BCUT2D eigenvalue weighted by Crippen LogP contribution is 2.23. The van der Waals surface area contributed by atoms with Crippen LogP contribution in [0.3, 0.4) is 0 Å².